The highest BCUT2D eigenvalue weighted by Gasteiger charge is 2.33. The Bertz CT molecular complexity index is 256. The predicted molar refractivity (Wildman–Crippen MR) is 77.9 cm³/mol. The summed E-state index contributed by atoms with van der Waals surface area (Å²) in [6.07, 6.45) is 5.51. The van der Waals surface area contributed by atoms with Crippen molar-refractivity contribution in [2.45, 2.75) is 57.7 Å². The zero-order valence-corrected chi connectivity index (χ0v) is 12.7. The predicted octanol–water partition coefficient (Wildman–Crippen LogP) is 1.79. The molecular formula is C15H31N3. The molecule has 0 aromatic carbocycles. The first-order chi connectivity index (χ1) is 8.63. The quantitative estimate of drug-likeness (QED) is 0.827. The molecule has 0 amide bonds. The first-order valence-corrected chi connectivity index (χ1v) is 7.75. The van der Waals surface area contributed by atoms with Crippen LogP contribution < -0.4 is 5.32 Å². The highest BCUT2D eigenvalue weighted by molar-refractivity contribution is 4.90. The van der Waals surface area contributed by atoms with Crippen molar-refractivity contribution in [3.8, 4) is 0 Å². The maximum atomic E-state index is 3.48. The zero-order chi connectivity index (χ0) is 13.1. The fourth-order valence-electron chi connectivity index (χ4n) is 3.75. The van der Waals surface area contributed by atoms with Gasteiger partial charge in [0.25, 0.3) is 0 Å². The van der Waals surface area contributed by atoms with Gasteiger partial charge in [-0.1, -0.05) is 13.3 Å². The van der Waals surface area contributed by atoms with Crippen LogP contribution in [0, 0.1) is 5.92 Å². The number of hydrogen-bond donors (Lipinski definition) is 1. The molecule has 2 saturated heterocycles. The summed E-state index contributed by atoms with van der Waals surface area (Å²) in [5, 5.41) is 3.48. The summed E-state index contributed by atoms with van der Waals surface area (Å²) in [5.74, 6) is 0.762. The molecule has 0 aromatic heterocycles. The van der Waals surface area contributed by atoms with E-state index in [1.165, 1.54) is 45.3 Å². The van der Waals surface area contributed by atoms with Crippen molar-refractivity contribution in [3.63, 3.8) is 0 Å². The second-order valence-corrected chi connectivity index (χ2v) is 6.41. The van der Waals surface area contributed by atoms with Crippen LogP contribution in [0.3, 0.4) is 0 Å². The molecular weight excluding hydrogens is 222 g/mol. The molecule has 106 valence electrons. The van der Waals surface area contributed by atoms with E-state index in [2.05, 4.69) is 43.1 Å². The maximum absolute atomic E-state index is 3.48. The van der Waals surface area contributed by atoms with E-state index in [1.807, 2.05) is 0 Å². The van der Waals surface area contributed by atoms with Gasteiger partial charge in [-0.2, -0.15) is 0 Å². The standard InChI is InChI=1S/C15H31N3/c1-12-13(2)18(10-8-15(12)16-3)11-14-7-5-6-9-17(14)4/h12-16H,5-11H2,1-4H3. The van der Waals surface area contributed by atoms with Crippen molar-refractivity contribution >= 4 is 0 Å². The van der Waals surface area contributed by atoms with E-state index in [9.17, 15) is 0 Å². The van der Waals surface area contributed by atoms with Crippen LogP contribution in [0.5, 0.6) is 0 Å². The first kappa shape index (κ1) is 14.3. The van der Waals surface area contributed by atoms with Crippen LogP contribution >= 0.6 is 0 Å². The summed E-state index contributed by atoms with van der Waals surface area (Å²) in [4.78, 5) is 5.30. The third-order valence-corrected chi connectivity index (χ3v) is 5.44. The van der Waals surface area contributed by atoms with Crippen molar-refractivity contribution in [1.82, 2.24) is 15.1 Å². The van der Waals surface area contributed by atoms with Crippen molar-refractivity contribution in [2.24, 2.45) is 5.92 Å². The fourth-order valence-corrected chi connectivity index (χ4v) is 3.75. The monoisotopic (exact) mass is 253 g/mol. The van der Waals surface area contributed by atoms with Gasteiger partial charge < -0.3 is 10.2 Å². The summed E-state index contributed by atoms with van der Waals surface area (Å²) in [6, 6.07) is 2.21. The van der Waals surface area contributed by atoms with Crippen molar-refractivity contribution < 1.29 is 0 Å². The molecule has 2 aliphatic heterocycles. The van der Waals surface area contributed by atoms with E-state index in [0.29, 0.717) is 12.1 Å². The SMILES string of the molecule is CNC1CCN(CC2CCCCN2C)C(C)C1C. The number of hydrogen-bond acceptors (Lipinski definition) is 3. The van der Waals surface area contributed by atoms with Gasteiger partial charge in [0.1, 0.15) is 0 Å². The smallest absolute Gasteiger partial charge is 0.0220 e. The van der Waals surface area contributed by atoms with Crippen LogP contribution in [0.25, 0.3) is 0 Å². The molecule has 3 heteroatoms. The number of likely N-dealkylation sites (N-methyl/N-ethyl adjacent to an activating group) is 1. The molecule has 0 spiro atoms. The minimum absolute atomic E-state index is 0.709. The van der Waals surface area contributed by atoms with Crippen LogP contribution in [-0.2, 0) is 0 Å². The molecule has 0 aromatic rings. The van der Waals surface area contributed by atoms with Crippen LogP contribution in [-0.4, -0.2) is 61.7 Å². The maximum Gasteiger partial charge on any atom is 0.0220 e. The second-order valence-electron chi connectivity index (χ2n) is 6.41. The molecule has 4 atom stereocenters. The lowest BCUT2D eigenvalue weighted by Crippen LogP contribution is -2.56. The molecule has 0 saturated carbocycles. The van der Waals surface area contributed by atoms with Crippen LogP contribution in [0.15, 0.2) is 0 Å². The number of likely N-dealkylation sites (tertiary alicyclic amines) is 2. The third-order valence-electron chi connectivity index (χ3n) is 5.44. The van der Waals surface area contributed by atoms with E-state index >= 15 is 0 Å². The van der Waals surface area contributed by atoms with E-state index in [-0.39, 0.29) is 0 Å². The average molecular weight is 253 g/mol. The molecule has 0 radical (unpaired) electrons. The first-order valence-electron chi connectivity index (χ1n) is 7.75. The van der Waals surface area contributed by atoms with Crippen LogP contribution in [0.1, 0.15) is 39.5 Å². The van der Waals surface area contributed by atoms with Crippen LogP contribution in [0.2, 0.25) is 0 Å². The van der Waals surface area contributed by atoms with E-state index in [1.54, 1.807) is 0 Å². The van der Waals surface area contributed by atoms with Gasteiger partial charge in [-0.3, -0.25) is 4.90 Å². The minimum atomic E-state index is 0.709. The highest BCUT2D eigenvalue weighted by atomic mass is 15.2. The summed E-state index contributed by atoms with van der Waals surface area (Å²) in [6.45, 7) is 8.65. The Balaban J connectivity index is 1.89. The van der Waals surface area contributed by atoms with Gasteiger partial charge in [0.05, 0.1) is 0 Å². The molecule has 18 heavy (non-hydrogen) atoms. The molecule has 2 fully saturated rings. The summed E-state index contributed by atoms with van der Waals surface area (Å²) >= 11 is 0. The van der Waals surface area contributed by atoms with Crippen molar-refractivity contribution in [1.29, 1.82) is 0 Å². The molecule has 2 rings (SSSR count). The van der Waals surface area contributed by atoms with Crippen molar-refractivity contribution in [2.75, 3.05) is 33.7 Å². The Kier molecular flexibility index (Phi) is 5.05. The average Bonchev–Trinajstić information content (AvgIpc) is 2.38. The van der Waals surface area contributed by atoms with Crippen molar-refractivity contribution in [3.05, 3.63) is 0 Å². The van der Waals surface area contributed by atoms with Gasteiger partial charge in [-0.15, -0.1) is 0 Å². The minimum Gasteiger partial charge on any atom is -0.317 e. The molecule has 0 bridgehead atoms. The zero-order valence-electron chi connectivity index (χ0n) is 12.7. The number of rotatable bonds is 3. The van der Waals surface area contributed by atoms with Gasteiger partial charge in [-0.25, -0.2) is 0 Å². The van der Waals surface area contributed by atoms with Gasteiger partial charge >= 0.3 is 0 Å². The van der Waals surface area contributed by atoms with E-state index in [0.717, 1.165) is 12.0 Å². The molecule has 1 N–H and O–H groups in total. The van der Waals surface area contributed by atoms with Gasteiger partial charge in [-0.05, 0) is 59.3 Å². The Morgan fingerprint density at radius 3 is 2.56 bits per heavy atom. The second kappa shape index (κ2) is 6.36. The molecule has 2 aliphatic rings. The lowest BCUT2D eigenvalue weighted by Gasteiger charge is -2.45. The molecule has 2 heterocycles. The van der Waals surface area contributed by atoms with Gasteiger partial charge in [0, 0.05) is 24.7 Å². The Morgan fingerprint density at radius 1 is 1.11 bits per heavy atom. The normalized spacial score (nSPS) is 40.0. The van der Waals surface area contributed by atoms with Gasteiger partial charge in [0.2, 0.25) is 0 Å². The Labute approximate surface area is 113 Å². The van der Waals surface area contributed by atoms with Crippen LogP contribution in [0.4, 0.5) is 0 Å². The summed E-state index contributed by atoms with van der Waals surface area (Å²) in [5.41, 5.74) is 0. The lowest BCUT2D eigenvalue weighted by molar-refractivity contribution is 0.0490. The summed E-state index contributed by atoms with van der Waals surface area (Å²) in [7, 11) is 4.41. The van der Waals surface area contributed by atoms with E-state index in [4.69, 9.17) is 0 Å². The topological polar surface area (TPSA) is 18.5 Å². The molecule has 0 aliphatic carbocycles. The Hall–Kier alpha value is -0.120. The fraction of sp³-hybridized carbons (Fsp3) is 1.00. The summed E-state index contributed by atoms with van der Waals surface area (Å²) < 4.78 is 0. The largest absolute Gasteiger partial charge is 0.317 e. The molecule has 4 unspecified atom stereocenters. The number of nitrogens with zero attached hydrogens (tertiary/aromatic N) is 2. The molecule has 3 nitrogen and oxygen atoms in total. The highest BCUT2D eigenvalue weighted by Crippen LogP contribution is 2.25. The number of piperidine rings is 2. The lowest BCUT2D eigenvalue weighted by atomic mass is 9.86. The number of nitrogens with one attached hydrogen (secondary N) is 1. The van der Waals surface area contributed by atoms with E-state index < -0.39 is 0 Å². The van der Waals surface area contributed by atoms with Gasteiger partial charge in [0.15, 0.2) is 0 Å². The third kappa shape index (κ3) is 3.06. The Morgan fingerprint density at radius 2 is 1.89 bits per heavy atom.